The Hall–Kier alpha value is -2.42. The summed E-state index contributed by atoms with van der Waals surface area (Å²) < 4.78 is 27.5. The van der Waals surface area contributed by atoms with Crippen molar-refractivity contribution in [2.45, 2.75) is 11.4 Å². The second-order valence-corrected chi connectivity index (χ2v) is 9.89. The third kappa shape index (κ3) is 6.54. The van der Waals surface area contributed by atoms with Crippen molar-refractivity contribution < 1.29 is 13.2 Å². The summed E-state index contributed by atoms with van der Waals surface area (Å²) in [5.74, 6) is -0.618. The highest BCUT2D eigenvalue weighted by Crippen LogP contribution is 2.21. The molecule has 0 aliphatic rings. The topological polar surface area (TPSA) is 78.8 Å². The molecule has 32 heavy (non-hydrogen) atoms. The summed E-state index contributed by atoms with van der Waals surface area (Å²) in [7, 11) is -4.01. The van der Waals surface area contributed by atoms with Crippen LogP contribution in [0.25, 0.3) is 0 Å². The number of hydrogen-bond donors (Lipinski definition) is 1. The van der Waals surface area contributed by atoms with E-state index in [1.165, 1.54) is 30.5 Å². The van der Waals surface area contributed by atoms with Crippen LogP contribution in [-0.2, 0) is 21.4 Å². The summed E-state index contributed by atoms with van der Waals surface area (Å²) >= 11 is 18.0. The highest BCUT2D eigenvalue weighted by atomic mass is 35.5. The van der Waals surface area contributed by atoms with Crippen molar-refractivity contribution in [2.24, 2.45) is 5.10 Å². The van der Waals surface area contributed by atoms with Crippen LogP contribution in [0.15, 0.2) is 82.8 Å². The molecular weight excluding hydrogens is 493 g/mol. The molecule has 0 fully saturated rings. The molecule has 0 atom stereocenters. The molecule has 6 nitrogen and oxygen atoms in total. The first kappa shape index (κ1) is 24.2. The number of hydrazone groups is 1. The predicted molar refractivity (Wildman–Crippen MR) is 128 cm³/mol. The molecule has 3 aromatic carbocycles. The molecule has 0 saturated carbocycles. The monoisotopic (exact) mass is 509 g/mol. The molecule has 0 aromatic heterocycles. The molecule has 0 unspecified atom stereocenters. The SMILES string of the molecule is O=C(CN(Cc1cccc(Cl)c1)S(=O)(=O)c1ccc(Cl)cc1)N/N=C\c1ccccc1Cl. The molecule has 0 saturated heterocycles. The molecule has 0 aliphatic heterocycles. The maximum absolute atomic E-state index is 13.2. The van der Waals surface area contributed by atoms with Crippen LogP contribution in [0.1, 0.15) is 11.1 Å². The number of halogens is 3. The van der Waals surface area contributed by atoms with E-state index >= 15 is 0 Å². The van der Waals surface area contributed by atoms with Gasteiger partial charge in [0.2, 0.25) is 10.0 Å². The standard InChI is InChI=1S/C22H18Cl3N3O3S/c23-18-8-10-20(11-9-18)32(30,31)28(14-16-4-3-6-19(24)12-16)15-22(29)27-26-13-17-5-1-2-7-21(17)25/h1-13H,14-15H2,(H,27,29)/b26-13-. The lowest BCUT2D eigenvalue weighted by Crippen LogP contribution is -2.39. The van der Waals surface area contributed by atoms with E-state index in [0.29, 0.717) is 26.2 Å². The number of carbonyl (C=O) groups excluding carboxylic acids is 1. The third-order valence-corrected chi connectivity index (χ3v) is 6.95. The molecule has 1 amide bonds. The average Bonchev–Trinajstić information content (AvgIpc) is 2.75. The third-order valence-electron chi connectivity index (χ3n) is 4.32. The van der Waals surface area contributed by atoms with Gasteiger partial charge in [-0.25, -0.2) is 13.8 Å². The van der Waals surface area contributed by atoms with Crippen LogP contribution in [0.2, 0.25) is 15.1 Å². The number of sulfonamides is 1. The molecule has 0 heterocycles. The predicted octanol–water partition coefficient (Wildman–Crippen LogP) is 4.99. The lowest BCUT2D eigenvalue weighted by atomic mass is 10.2. The van der Waals surface area contributed by atoms with Crippen molar-refractivity contribution >= 4 is 56.9 Å². The van der Waals surface area contributed by atoms with E-state index in [1.54, 1.807) is 48.5 Å². The van der Waals surface area contributed by atoms with Crippen LogP contribution in [0.5, 0.6) is 0 Å². The first-order valence-electron chi connectivity index (χ1n) is 9.32. The first-order valence-corrected chi connectivity index (χ1v) is 11.9. The Kier molecular flexibility index (Phi) is 8.28. The van der Waals surface area contributed by atoms with E-state index in [4.69, 9.17) is 34.8 Å². The zero-order chi connectivity index (χ0) is 23.1. The van der Waals surface area contributed by atoms with Gasteiger partial charge in [0.15, 0.2) is 0 Å². The molecule has 0 spiro atoms. The summed E-state index contributed by atoms with van der Waals surface area (Å²) in [5.41, 5.74) is 3.57. The second-order valence-electron chi connectivity index (χ2n) is 6.67. The molecule has 166 valence electrons. The van der Waals surface area contributed by atoms with E-state index in [2.05, 4.69) is 10.5 Å². The number of hydrogen-bond acceptors (Lipinski definition) is 4. The number of rotatable bonds is 8. The molecule has 0 aliphatic carbocycles. The minimum Gasteiger partial charge on any atom is -0.272 e. The Balaban J connectivity index is 1.81. The van der Waals surface area contributed by atoms with Gasteiger partial charge in [0.25, 0.3) is 5.91 Å². The van der Waals surface area contributed by atoms with Crippen molar-refractivity contribution in [3.63, 3.8) is 0 Å². The van der Waals surface area contributed by atoms with Gasteiger partial charge in [-0.1, -0.05) is 65.1 Å². The zero-order valence-electron chi connectivity index (χ0n) is 16.6. The van der Waals surface area contributed by atoms with Gasteiger partial charge in [-0.2, -0.15) is 9.41 Å². The lowest BCUT2D eigenvalue weighted by Gasteiger charge is -2.21. The highest BCUT2D eigenvalue weighted by molar-refractivity contribution is 7.89. The van der Waals surface area contributed by atoms with E-state index in [1.807, 2.05) is 0 Å². The van der Waals surface area contributed by atoms with Crippen LogP contribution in [0.3, 0.4) is 0 Å². The quantitative estimate of drug-likeness (QED) is 0.343. The average molecular weight is 511 g/mol. The van der Waals surface area contributed by atoms with E-state index in [9.17, 15) is 13.2 Å². The summed E-state index contributed by atoms with van der Waals surface area (Å²) in [6, 6.07) is 19.4. The molecule has 3 aromatic rings. The summed E-state index contributed by atoms with van der Waals surface area (Å²) in [6.07, 6.45) is 1.38. The minimum atomic E-state index is -4.01. The van der Waals surface area contributed by atoms with Gasteiger partial charge in [-0.05, 0) is 48.0 Å². The Morgan fingerprint density at radius 1 is 0.938 bits per heavy atom. The Morgan fingerprint density at radius 2 is 1.66 bits per heavy atom. The van der Waals surface area contributed by atoms with Crippen LogP contribution in [-0.4, -0.2) is 31.4 Å². The fraction of sp³-hybridized carbons (Fsp3) is 0.0909. The van der Waals surface area contributed by atoms with Gasteiger partial charge < -0.3 is 0 Å². The van der Waals surface area contributed by atoms with Gasteiger partial charge in [-0.15, -0.1) is 0 Å². The lowest BCUT2D eigenvalue weighted by molar-refractivity contribution is -0.121. The molecular formula is C22H18Cl3N3O3S. The van der Waals surface area contributed by atoms with Gasteiger partial charge in [0, 0.05) is 27.2 Å². The maximum atomic E-state index is 13.2. The van der Waals surface area contributed by atoms with Crippen molar-refractivity contribution in [3.8, 4) is 0 Å². The van der Waals surface area contributed by atoms with Gasteiger partial charge in [-0.3, -0.25) is 4.79 Å². The largest absolute Gasteiger partial charge is 0.272 e. The van der Waals surface area contributed by atoms with Crippen LogP contribution in [0.4, 0.5) is 0 Å². The van der Waals surface area contributed by atoms with Crippen molar-refractivity contribution in [1.29, 1.82) is 0 Å². The number of carbonyl (C=O) groups is 1. The molecule has 0 radical (unpaired) electrons. The fourth-order valence-electron chi connectivity index (χ4n) is 2.77. The van der Waals surface area contributed by atoms with E-state index < -0.39 is 22.5 Å². The maximum Gasteiger partial charge on any atom is 0.255 e. The smallest absolute Gasteiger partial charge is 0.255 e. The van der Waals surface area contributed by atoms with E-state index in [-0.39, 0.29) is 11.4 Å². The van der Waals surface area contributed by atoms with Crippen molar-refractivity contribution in [1.82, 2.24) is 9.73 Å². The number of nitrogens with zero attached hydrogens (tertiary/aromatic N) is 2. The normalized spacial score (nSPS) is 11.8. The van der Waals surface area contributed by atoms with Crippen LogP contribution in [0, 0.1) is 0 Å². The number of nitrogens with one attached hydrogen (secondary N) is 1. The zero-order valence-corrected chi connectivity index (χ0v) is 19.7. The van der Waals surface area contributed by atoms with Crippen molar-refractivity contribution in [3.05, 3.63) is 99.0 Å². The van der Waals surface area contributed by atoms with E-state index in [0.717, 1.165) is 4.31 Å². The first-order chi connectivity index (χ1) is 15.3. The minimum absolute atomic E-state index is 0.0105. The number of amides is 1. The van der Waals surface area contributed by atoms with Crippen LogP contribution >= 0.6 is 34.8 Å². The summed E-state index contributed by atoms with van der Waals surface area (Å²) in [4.78, 5) is 12.5. The summed E-state index contributed by atoms with van der Waals surface area (Å²) in [5, 5.41) is 5.20. The Bertz CT molecular complexity index is 1230. The molecule has 10 heteroatoms. The summed E-state index contributed by atoms with van der Waals surface area (Å²) in [6.45, 7) is -0.523. The Morgan fingerprint density at radius 3 is 2.34 bits per heavy atom. The molecule has 3 rings (SSSR count). The fourth-order valence-corrected chi connectivity index (χ4v) is 4.68. The van der Waals surface area contributed by atoms with Gasteiger partial charge in [0.05, 0.1) is 17.7 Å². The van der Waals surface area contributed by atoms with Gasteiger partial charge in [0.1, 0.15) is 0 Å². The second kappa shape index (κ2) is 10.9. The van der Waals surface area contributed by atoms with Gasteiger partial charge >= 0.3 is 0 Å². The molecule has 0 bridgehead atoms. The van der Waals surface area contributed by atoms with Crippen molar-refractivity contribution in [2.75, 3.05) is 6.54 Å². The highest BCUT2D eigenvalue weighted by Gasteiger charge is 2.27. The number of benzene rings is 3. The van der Waals surface area contributed by atoms with Crippen LogP contribution < -0.4 is 5.43 Å². The molecule has 1 N–H and O–H groups in total. The Labute approximate surface area is 201 Å².